The van der Waals surface area contributed by atoms with E-state index in [-0.39, 0.29) is 40.0 Å². The summed E-state index contributed by atoms with van der Waals surface area (Å²) in [6.07, 6.45) is 1.66. The Balaban J connectivity index is 1.57. The second-order valence-electron chi connectivity index (χ2n) is 9.25. The fourth-order valence-electron chi connectivity index (χ4n) is 4.68. The average Bonchev–Trinajstić information content (AvgIpc) is 3.59. The van der Waals surface area contributed by atoms with Crippen LogP contribution in [0.4, 0.5) is 11.4 Å². The highest BCUT2D eigenvalue weighted by molar-refractivity contribution is 7.80. The van der Waals surface area contributed by atoms with Gasteiger partial charge in [0, 0.05) is 24.6 Å². The SMILES string of the molecule is COCC(=O)Nc1ccc(N2C(=S)N[C@@H](c3ccccn3)[C@@H]2c2ccc(-c3cc(C(=O)O)cc(C(=O)O)c3)o2)cc1Cl. The quantitative estimate of drug-likeness (QED) is 0.187. The molecule has 4 N–H and O–H groups in total. The molecular formula is C29H23ClN4O7S. The second-order valence-corrected chi connectivity index (χ2v) is 10.0. The van der Waals surface area contributed by atoms with E-state index in [0.29, 0.717) is 27.9 Å². The summed E-state index contributed by atoms with van der Waals surface area (Å²) in [5.74, 6) is -2.19. The molecule has 0 bridgehead atoms. The maximum absolute atomic E-state index is 12.0. The molecule has 2 atom stereocenters. The number of methoxy groups -OCH3 is 1. The van der Waals surface area contributed by atoms with Crippen LogP contribution in [-0.2, 0) is 9.53 Å². The molecule has 4 aromatic rings. The number of anilines is 2. The van der Waals surface area contributed by atoms with Crippen LogP contribution in [0, 0.1) is 0 Å². The van der Waals surface area contributed by atoms with E-state index in [1.54, 1.807) is 47.5 Å². The number of halogens is 1. The molecule has 214 valence electrons. The van der Waals surface area contributed by atoms with Gasteiger partial charge in [0.2, 0.25) is 5.91 Å². The minimum atomic E-state index is -1.27. The van der Waals surface area contributed by atoms with Gasteiger partial charge in [-0.2, -0.15) is 0 Å². The van der Waals surface area contributed by atoms with Crippen LogP contribution in [-0.4, -0.2) is 51.9 Å². The van der Waals surface area contributed by atoms with Gasteiger partial charge in [-0.25, -0.2) is 9.59 Å². The molecule has 2 aromatic heterocycles. The van der Waals surface area contributed by atoms with Gasteiger partial charge in [0.05, 0.1) is 33.6 Å². The van der Waals surface area contributed by atoms with Crippen molar-refractivity contribution in [3.63, 3.8) is 0 Å². The lowest BCUT2D eigenvalue weighted by atomic mass is 10.0. The number of carboxylic acids is 2. The lowest BCUT2D eigenvalue weighted by Crippen LogP contribution is -2.29. The summed E-state index contributed by atoms with van der Waals surface area (Å²) in [6, 6.07) is 16.6. The Hall–Kier alpha value is -4.78. The maximum atomic E-state index is 12.0. The molecule has 1 aliphatic rings. The van der Waals surface area contributed by atoms with Crippen LogP contribution < -0.4 is 15.5 Å². The van der Waals surface area contributed by atoms with Crippen molar-refractivity contribution >= 4 is 58.2 Å². The first-order chi connectivity index (χ1) is 20.2. The zero-order chi connectivity index (χ0) is 30.0. The predicted octanol–water partition coefficient (Wildman–Crippen LogP) is 5.15. The summed E-state index contributed by atoms with van der Waals surface area (Å²) in [5, 5.41) is 25.6. The fourth-order valence-corrected chi connectivity index (χ4v) is 5.25. The molecule has 0 aliphatic carbocycles. The summed E-state index contributed by atoms with van der Waals surface area (Å²) < 4.78 is 11.1. The molecular weight excluding hydrogens is 584 g/mol. The van der Waals surface area contributed by atoms with Gasteiger partial charge in [0.1, 0.15) is 24.2 Å². The fraction of sp³-hybridized carbons (Fsp3) is 0.138. The number of carboxylic acid groups (broad SMARTS) is 2. The van der Waals surface area contributed by atoms with Gasteiger partial charge in [-0.3, -0.25) is 9.78 Å². The van der Waals surface area contributed by atoms with Crippen molar-refractivity contribution in [2.24, 2.45) is 0 Å². The smallest absolute Gasteiger partial charge is 0.335 e. The van der Waals surface area contributed by atoms with Crippen molar-refractivity contribution in [2.45, 2.75) is 12.1 Å². The number of nitrogens with zero attached hydrogens (tertiary/aromatic N) is 2. The third kappa shape index (κ3) is 5.81. The molecule has 42 heavy (non-hydrogen) atoms. The number of hydrogen-bond donors (Lipinski definition) is 4. The van der Waals surface area contributed by atoms with Crippen LogP contribution in [0.5, 0.6) is 0 Å². The van der Waals surface area contributed by atoms with Gasteiger partial charge >= 0.3 is 11.9 Å². The summed E-state index contributed by atoms with van der Waals surface area (Å²) >= 11 is 12.3. The van der Waals surface area contributed by atoms with Crippen molar-refractivity contribution in [1.29, 1.82) is 0 Å². The van der Waals surface area contributed by atoms with Crippen molar-refractivity contribution in [1.82, 2.24) is 10.3 Å². The van der Waals surface area contributed by atoms with E-state index in [9.17, 15) is 24.6 Å². The van der Waals surface area contributed by atoms with Gasteiger partial charge in [-0.05, 0) is 72.9 Å². The molecule has 1 aliphatic heterocycles. The molecule has 0 unspecified atom stereocenters. The predicted molar refractivity (Wildman–Crippen MR) is 158 cm³/mol. The van der Waals surface area contributed by atoms with E-state index in [0.717, 1.165) is 6.07 Å². The van der Waals surface area contributed by atoms with Crippen LogP contribution >= 0.6 is 23.8 Å². The van der Waals surface area contributed by atoms with E-state index in [2.05, 4.69) is 15.6 Å². The van der Waals surface area contributed by atoms with Crippen molar-refractivity contribution < 1.29 is 33.8 Å². The van der Waals surface area contributed by atoms with E-state index < -0.39 is 24.0 Å². The first-order valence-electron chi connectivity index (χ1n) is 12.5. The first kappa shape index (κ1) is 28.7. The molecule has 0 saturated carbocycles. The molecule has 1 amide bonds. The normalized spacial score (nSPS) is 16.2. The number of nitrogens with one attached hydrogen (secondary N) is 2. The number of ether oxygens (including phenoxy) is 1. The molecule has 3 heterocycles. The minimum absolute atomic E-state index is 0.129. The standard InChI is InChI=1S/C29H23ClN4O7S/c1-40-14-24(35)32-20-6-5-18(13-19(20)30)34-26(25(33-29(34)42)21-4-2-3-9-31-21)23-8-7-22(41-23)15-10-16(27(36)37)12-17(11-15)28(38)39/h2-13,25-26H,14H2,1H3,(H,32,35)(H,33,42)(H,36,37)(H,38,39)/t25-,26-/m0/s1. The summed E-state index contributed by atoms with van der Waals surface area (Å²) in [5.41, 5.74) is 1.59. The number of benzene rings is 2. The number of aromatic carboxylic acids is 2. The summed E-state index contributed by atoms with van der Waals surface area (Å²) in [6.45, 7) is -0.129. The van der Waals surface area contributed by atoms with E-state index in [1.165, 1.54) is 19.2 Å². The minimum Gasteiger partial charge on any atom is -0.478 e. The number of pyridine rings is 1. The molecule has 1 saturated heterocycles. The van der Waals surface area contributed by atoms with Crippen LogP contribution in [0.3, 0.4) is 0 Å². The van der Waals surface area contributed by atoms with Crippen molar-refractivity contribution in [3.8, 4) is 11.3 Å². The van der Waals surface area contributed by atoms with Gasteiger partial charge in [-0.1, -0.05) is 17.7 Å². The molecule has 0 radical (unpaired) electrons. The number of hydrogen-bond acceptors (Lipinski definition) is 7. The van der Waals surface area contributed by atoms with Gasteiger partial charge in [0.25, 0.3) is 0 Å². The van der Waals surface area contributed by atoms with Crippen LogP contribution in [0.25, 0.3) is 11.3 Å². The molecule has 11 nitrogen and oxygen atoms in total. The molecule has 2 aromatic carbocycles. The zero-order valence-corrected chi connectivity index (χ0v) is 23.5. The number of thiocarbonyl (C=S) groups is 1. The Morgan fingerprint density at radius 2 is 1.81 bits per heavy atom. The first-order valence-corrected chi connectivity index (χ1v) is 13.3. The Bertz CT molecular complexity index is 1660. The largest absolute Gasteiger partial charge is 0.478 e. The number of aromatic nitrogens is 1. The highest BCUT2D eigenvalue weighted by Crippen LogP contribution is 2.44. The third-order valence-electron chi connectivity index (χ3n) is 6.51. The topological polar surface area (TPSA) is 154 Å². The molecule has 0 spiro atoms. The lowest BCUT2D eigenvalue weighted by Gasteiger charge is -2.26. The van der Waals surface area contributed by atoms with Crippen molar-refractivity contribution in [2.75, 3.05) is 23.9 Å². The average molecular weight is 607 g/mol. The Labute approximate surface area is 249 Å². The van der Waals surface area contributed by atoms with Gasteiger partial charge in [0.15, 0.2) is 5.11 Å². The Kier molecular flexibility index (Phi) is 8.20. The van der Waals surface area contributed by atoms with E-state index in [1.807, 2.05) is 12.1 Å². The number of furan rings is 1. The highest BCUT2D eigenvalue weighted by Gasteiger charge is 2.42. The Morgan fingerprint density at radius 1 is 1.07 bits per heavy atom. The van der Waals surface area contributed by atoms with Gasteiger partial charge < -0.3 is 34.9 Å². The number of carbonyl (C=O) groups excluding carboxylic acids is 1. The third-order valence-corrected chi connectivity index (χ3v) is 7.14. The highest BCUT2D eigenvalue weighted by atomic mass is 35.5. The molecule has 1 fully saturated rings. The number of rotatable bonds is 9. The molecule has 13 heteroatoms. The van der Waals surface area contributed by atoms with E-state index in [4.69, 9.17) is 33.0 Å². The van der Waals surface area contributed by atoms with Crippen LogP contribution in [0.2, 0.25) is 5.02 Å². The lowest BCUT2D eigenvalue weighted by molar-refractivity contribution is -0.119. The maximum Gasteiger partial charge on any atom is 0.335 e. The Morgan fingerprint density at radius 3 is 2.43 bits per heavy atom. The van der Waals surface area contributed by atoms with Crippen molar-refractivity contribution in [3.05, 3.63) is 101 Å². The zero-order valence-electron chi connectivity index (χ0n) is 21.9. The second kappa shape index (κ2) is 12.0. The van der Waals surface area contributed by atoms with Crippen LogP contribution in [0.15, 0.2) is 77.3 Å². The van der Waals surface area contributed by atoms with Crippen LogP contribution in [0.1, 0.15) is 44.3 Å². The van der Waals surface area contributed by atoms with Gasteiger partial charge in [-0.15, -0.1) is 0 Å². The number of carbonyl (C=O) groups is 3. The summed E-state index contributed by atoms with van der Waals surface area (Å²) in [7, 11) is 1.41. The molecule has 5 rings (SSSR count). The summed E-state index contributed by atoms with van der Waals surface area (Å²) in [4.78, 5) is 41.6. The number of amides is 1. The monoisotopic (exact) mass is 606 g/mol. The van der Waals surface area contributed by atoms with E-state index >= 15 is 0 Å².